The lowest BCUT2D eigenvalue weighted by molar-refractivity contribution is 0.404. The van der Waals surface area contributed by atoms with Crippen molar-refractivity contribution in [3.8, 4) is 0 Å². The Kier molecular flexibility index (Phi) is 6.44. The van der Waals surface area contributed by atoms with Crippen LogP contribution in [0.15, 0.2) is 0 Å². The van der Waals surface area contributed by atoms with Crippen LogP contribution in [0.4, 0.5) is 0 Å². The predicted molar refractivity (Wildman–Crippen MR) is 69.5 cm³/mol. The zero-order valence-electron chi connectivity index (χ0n) is 10.6. The summed E-state index contributed by atoms with van der Waals surface area (Å²) in [5.41, 5.74) is 0. The van der Waals surface area contributed by atoms with Gasteiger partial charge in [0.15, 0.2) is 0 Å². The molecule has 0 saturated heterocycles. The molecule has 0 aromatic rings. The van der Waals surface area contributed by atoms with Gasteiger partial charge in [0.25, 0.3) is 0 Å². The molecule has 1 aliphatic rings. The number of hydrogen-bond donors (Lipinski definition) is 0. The average Bonchev–Trinajstić information content (AvgIpc) is 2.23. The van der Waals surface area contributed by atoms with E-state index in [0.717, 1.165) is 6.42 Å². The van der Waals surface area contributed by atoms with E-state index in [1.54, 1.807) is 0 Å². The summed E-state index contributed by atoms with van der Waals surface area (Å²) in [6.07, 6.45) is 16.4. The molecule has 0 bridgehead atoms. The van der Waals surface area contributed by atoms with Gasteiger partial charge >= 0.3 is 0 Å². The van der Waals surface area contributed by atoms with Gasteiger partial charge in [-0.1, -0.05) is 89.3 Å². The van der Waals surface area contributed by atoms with Gasteiger partial charge in [0.1, 0.15) is 0 Å². The molecule has 86 valence electrons. The highest BCUT2D eigenvalue weighted by Gasteiger charge is 2.20. The molecular formula is C14H27B. The van der Waals surface area contributed by atoms with Crippen molar-refractivity contribution in [3.63, 3.8) is 0 Å². The van der Waals surface area contributed by atoms with E-state index in [4.69, 9.17) is 7.85 Å². The van der Waals surface area contributed by atoms with Crippen molar-refractivity contribution in [2.24, 2.45) is 0 Å². The molecule has 0 atom stereocenters. The Labute approximate surface area is 97.6 Å². The highest BCUT2D eigenvalue weighted by Crippen LogP contribution is 2.39. The average molecular weight is 206 g/mol. The first-order chi connectivity index (χ1) is 7.27. The van der Waals surface area contributed by atoms with Crippen LogP contribution in [-0.4, -0.2) is 7.85 Å². The molecule has 1 saturated carbocycles. The summed E-state index contributed by atoms with van der Waals surface area (Å²) < 4.78 is 0. The molecule has 1 rings (SSSR count). The lowest BCUT2D eigenvalue weighted by atomic mass is 9.61. The number of rotatable bonds is 1. The van der Waals surface area contributed by atoms with Crippen LogP contribution in [0.25, 0.3) is 0 Å². The van der Waals surface area contributed by atoms with E-state index in [9.17, 15) is 0 Å². The fraction of sp³-hybridized carbons (Fsp3) is 1.00. The number of hydrogen-bond acceptors (Lipinski definition) is 0. The van der Waals surface area contributed by atoms with E-state index in [0.29, 0.717) is 0 Å². The van der Waals surface area contributed by atoms with E-state index in [-0.39, 0.29) is 5.31 Å². The fourth-order valence-electron chi connectivity index (χ4n) is 2.67. The quantitative estimate of drug-likeness (QED) is 0.528. The van der Waals surface area contributed by atoms with E-state index in [1.165, 1.54) is 70.6 Å². The molecule has 0 unspecified atom stereocenters. The highest BCUT2D eigenvalue weighted by molar-refractivity contribution is 6.15. The SMILES string of the molecule is [B]C1(CC)CCCCCCCCCCC1. The standard InChI is InChI=1S/C14H27B/c1-2-14(15)12-10-8-6-4-3-5-7-9-11-13-14/h2-13H2,1H3. The summed E-state index contributed by atoms with van der Waals surface area (Å²) in [6.45, 7) is 2.26. The van der Waals surface area contributed by atoms with Gasteiger partial charge in [-0.15, -0.1) is 0 Å². The lowest BCUT2D eigenvalue weighted by Crippen LogP contribution is -2.12. The Morgan fingerprint density at radius 1 is 0.733 bits per heavy atom. The molecule has 15 heavy (non-hydrogen) atoms. The second kappa shape index (κ2) is 7.36. The third-order valence-electron chi connectivity index (χ3n) is 4.05. The van der Waals surface area contributed by atoms with Gasteiger partial charge in [-0.2, -0.15) is 0 Å². The van der Waals surface area contributed by atoms with E-state index < -0.39 is 0 Å². The summed E-state index contributed by atoms with van der Waals surface area (Å²) in [5, 5.41) is 0.166. The molecule has 0 nitrogen and oxygen atoms in total. The van der Waals surface area contributed by atoms with Crippen molar-refractivity contribution in [1.29, 1.82) is 0 Å². The van der Waals surface area contributed by atoms with Gasteiger partial charge < -0.3 is 0 Å². The van der Waals surface area contributed by atoms with Gasteiger partial charge in [0.05, 0.1) is 7.85 Å². The summed E-state index contributed by atoms with van der Waals surface area (Å²) >= 11 is 0. The van der Waals surface area contributed by atoms with Crippen molar-refractivity contribution >= 4 is 7.85 Å². The maximum atomic E-state index is 6.44. The minimum Gasteiger partial charge on any atom is -0.0663 e. The zero-order valence-corrected chi connectivity index (χ0v) is 10.6. The summed E-state index contributed by atoms with van der Waals surface area (Å²) in [4.78, 5) is 0. The molecule has 0 heterocycles. The zero-order chi connectivity index (χ0) is 11.0. The predicted octanol–water partition coefficient (Wildman–Crippen LogP) is 5.03. The van der Waals surface area contributed by atoms with E-state index >= 15 is 0 Å². The minimum atomic E-state index is 0.166. The van der Waals surface area contributed by atoms with Crippen LogP contribution in [0.2, 0.25) is 5.31 Å². The van der Waals surface area contributed by atoms with Crippen molar-refractivity contribution in [2.45, 2.75) is 89.3 Å². The van der Waals surface area contributed by atoms with Crippen LogP contribution in [0, 0.1) is 0 Å². The van der Waals surface area contributed by atoms with Crippen LogP contribution >= 0.6 is 0 Å². The topological polar surface area (TPSA) is 0 Å². The first-order valence-electron chi connectivity index (χ1n) is 7.06. The van der Waals surface area contributed by atoms with Crippen LogP contribution in [0.3, 0.4) is 0 Å². The van der Waals surface area contributed by atoms with Gasteiger partial charge in [0, 0.05) is 0 Å². The third kappa shape index (κ3) is 5.63. The van der Waals surface area contributed by atoms with Crippen LogP contribution in [-0.2, 0) is 0 Å². The molecule has 2 radical (unpaired) electrons. The largest absolute Gasteiger partial charge is 0.0746 e. The molecule has 0 aromatic heterocycles. The van der Waals surface area contributed by atoms with Gasteiger partial charge in [-0.3, -0.25) is 0 Å². The molecule has 1 heteroatoms. The molecule has 0 spiro atoms. The Morgan fingerprint density at radius 3 is 1.40 bits per heavy atom. The highest BCUT2D eigenvalue weighted by atomic mass is 14.2. The first-order valence-corrected chi connectivity index (χ1v) is 7.06. The molecule has 0 aromatic carbocycles. The maximum Gasteiger partial charge on any atom is 0.0746 e. The van der Waals surface area contributed by atoms with Crippen molar-refractivity contribution < 1.29 is 0 Å². The fourth-order valence-corrected chi connectivity index (χ4v) is 2.67. The lowest BCUT2D eigenvalue weighted by Gasteiger charge is -2.29. The third-order valence-corrected chi connectivity index (χ3v) is 4.05. The van der Waals surface area contributed by atoms with Gasteiger partial charge in [-0.05, 0) is 0 Å². The van der Waals surface area contributed by atoms with Crippen LogP contribution in [0.5, 0.6) is 0 Å². The monoisotopic (exact) mass is 206 g/mol. The van der Waals surface area contributed by atoms with Crippen molar-refractivity contribution in [1.82, 2.24) is 0 Å². The van der Waals surface area contributed by atoms with Gasteiger partial charge in [0.2, 0.25) is 0 Å². The van der Waals surface area contributed by atoms with Crippen molar-refractivity contribution in [3.05, 3.63) is 0 Å². The maximum absolute atomic E-state index is 6.44. The molecule has 1 fully saturated rings. The Bertz CT molecular complexity index is 141. The summed E-state index contributed by atoms with van der Waals surface area (Å²) in [7, 11) is 6.44. The second-order valence-corrected chi connectivity index (χ2v) is 5.40. The normalized spacial score (nSPS) is 25.1. The summed E-state index contributed by atoms with van der Waals surface area (Å²) in [5.74, 6) is 0. The van der Waals surface area contributed by atoms with Gasteiger partial charge in [-0.25, -0.2) is 0 Å². The molecule has 0 aliphatic heterocycles. The van der Waals surface area contributed by atoms with E-state index in [2.05, 4.69) is 6.92 Å². The smallest absolute Gasteiger partial charge is 0.0663 e. The minimum absolute atomic E-state index is 0.166. The molecular weight excluding hydrogens is 179 g/mol. The Balaban J connectivity index is 2.32. The van der Waals surface area contributed by atoms with Crippen LogP contribution < -0.4 is 0 Å². The van der Waals surface area contributed by atoms with Crippen molar-refractivity contribution in [2.75, 3.05) is 0 Å². The van der Waals surface area contributed by atoms with Crippen LogP contribution in [0.1, 0.15) is 84.0 Å². The Morgan fingerprint density at radius 2 is 1.07 bits per heavy atom. The Hall–Kier alpha value is 0.0649. The molecule has 0 amide bonds. The summed E-state index contributed by atoms with van der Waals surface area (Å²) in [6, 6.07) is 0. The second-order valence-electron chi connectivity index (χ2n) is 5.40. The van der Waals surface area contributed by atoms with E-state index in [1.807, 2.05) is 0 Å². The molecule has 1 aliphatic carbocycles. The molecule has 0 N–H and O–H groups in total. The first kappa shape index (κ1) is 13.1.